The minimum atomic E-state index is 0.245. The van der Waals surface area contributed by atoms with Crippen molar-refractivity contribution in [3.05, 3.63) is 29.8 Å². The molecule has 0 spiro atoms. The Morgan fingerprint density at radius 2 is 2.26 bits per heavy atom. The van der Waals surface area contributed by atoms with E-state index < -0.39 is 0 Å². The lowest BCUT2D eigenvalue weighted by molar-refractivity contribution is -0.133. The fourth-order valence-electron chi connectivity index (χ4n) is 2.43. The lowest BCUT2D eigenvalue weighted by Crippen LogP contribution is -2.52. The summed E-state index contributed by atoms with van der Waals surface area (Å²) in [4.78, 5) is 14.1. The number of anilines is 1. The van der Waals surface area contributed by atoms with Gasteiger partial charge in [0, 0.05) is 44.3 Å². The number of para-hydroxylation sites is 1. The van der Waals surface area contributed by atoms with Gasteiger partial charge in [0.2, 0.25) is 5.91 Å². The van der Waals surface area contributed by atoms with Crippen molar-refractivity contribution in [2.75, 3.05) is 31.5 Å². The third-order valence-electron chi connectivity index (χ3n) is 3.62. The van der Waals surface area contributed by atoms with E-state index in [0.29, 0.717) is 19.0 Å². The van der Waals surface area contributed by atoms with Crippen molar-refractivity contribution in [1.82, 2.24) is 10.2 Å². The normalized spacial score (nSPS) is 19.3. The molecule has 2 N–H and O–H groups in total. The van der Waals surface area contributed by atoms with E-state index in [4.69, 9.17) is 0 Å². The molecule has 1 amide bonds. The van der Waals surface area contributed by atoms with E-state index in [0.717, 1.165) is 25.3 Å². The van der Waals surface area contributed by atoms with Crippen LogP contribution in [0.4, 0.5) is 5.69 Å². The van der Waals surface area contributed by atoms with E-state index in [2.05, 4.69) is 30.5 Å². The summed E-state index contributed by atoms with van der Waals surface area (Å²) in [6, 6.07) is 8.46. The van der Waals surface area contributed by atoms with Crippen molar-refractivity contribution in [2.24, 2.45) is 0 Å². The van der Waals surface area contributed by atoms with Crippen LogP contribution in [0.5, 0.6) is 0 Å². The summed E-state index contributed by atoms with van der Waals surface area (Å²) < 4.78 is 0. The zero-order valence-corrected chi connectivity index (χ0v) is 11.8. The topological polar surface area (TPSA) is 44.4 Å². The number of hydrogen-bond donors (Lipinski definition) is 2. The highest BCUT2D eigenvalue weighted by atomic mass is 16.2. The van der Waals surface area contributed by atoms with Crippen LogP contribution in [-0.4, -0.2) is 43.0 Å². The summed E-state index contributed by atoms with van der Waals surface area (Å²) >= 11 is 0. The highest BCUT2D eigenvalue weighted by Crippen LogP contribution is 2.13. The van der Waals surface area contributed by atoms with E-state index in [1.165, 1.54) is 5.56 Å². The molecular weight excluding hydrogens is 238 g/mol. The molecule has 4 nitrogen and oxygen atoms in total. The van der Waals surface area contributed by atoms with Crippen LogP contribution in [0.2, 0.25) is 0 Å². The molecule has 0 radical (unpaired) electrons. The molecular formula is C15H23N3O. The van der Waals surface area contributed by atoms with Crippen molar-refractivity contribution in [3.63, 3.8) is 0 Å². The van der Waals surface area contributed by atoms with Crippen molar-refractivity contribution in [1.29, 1.82) is 0 Å². The first-order valence-corrected chi connectivity index (χ1v) is 6.98. The lowest BCUT2D eigenvalue weighted by atomic mass is 10.2. The lowest BCUT2D eigenvalue weighted by Gasteiger charge is -2.34. The van der Waals surface area contributed by atoms with Crippen molar-refractivity contribution < 1.29 is 4.79 Å². The Balaban J connectivity index is 1.79. The van der Waals surface area contributed by atoms with Gasteiger partial charge in [0.05, 0.1) is 0 Å². The van der Waals surface area contributed by atoms with Crippen LogP contribution in [0.25, 0.3) is 0 Å². The Morgan fingerprint density at radius 1 is 1.47 bits per heavy atom. The number of hydrogen-bond acceptors (Lipinski definition) is 3. The Bertz CT molecular complexity index is 433. The fraction of sp³-hybridized carbons (Fsp3) is 0.533. The molecule has 1 atom stereocenters. The van der Waals surface area contributed by atoms with Crippen LogP contribution in [0.1, 0.15) is 18.9 Å². The van der Waals surface area contributed by atoms with Gasteiger partial charge in [-0.2, -0.15) is 0 Å². The summed E-state index contributed by atoms with van der Waals surface area (Å²) in [5.41, 5.74) is 2.33. The minimum absolute atomic E-state index is 0.245. The SMILES string of the molecule is Cc1ccccc1NCCC(=O)N1CCNC[C@H]1C. The maximum atomic E-state index is 12.1. The zero-order chi connectivity index (χ0) is 13.7. The first-order valence-electron chi connectivity index (χ1n) is 6.98. The summed E-state index contributed by atoms with van der Waals surface area (Å²) in [7, 11) is 0. The van der Waals surface area contributed by atoms with Gasteiger partial charge < -0.3 is 15.5 Å². The number of piperazine rings is 1. The zero-order valence-electron chi connectivity index (χ0n) is 11.8. The van der Waals surface area contributed by atoms with Crippen molar-refractivity contribution in [3.8, 4) is 0 Å². The van der Waals surface area contributed by atoms with Gasteiger partial charge in [-0.3, -0.25) is 4.79 Å². The van der Waals surface area contributed by atoms with E-state index in [9.17, 15) is 4.79 Å². The van der Waals surface area contributed by atoms with Crippen molar-refractivity contribution >= 4 is 11.6 Å². The molecule has 1 aromatic rings. The molecule has 0 aromatic heterocycles. The Kier molecular flexibility index (Phi) is 4.80. The summed E-state index contributed by atoms with van der Waals surface area (Å²) in [5, 5.41) is 6.63. The second-order valence-electron chi connectivity index (χ2n) is 5.13. The number of benzene rings is 1. The fourth-order valence-corrected chi connectivity index (χ4v) is 2.43. The van der Waals surface area contributed by atoms with Gasteiger partial charge >= 0.3 is 0 Å². The minimum Gasteiger partial charge on any atom is -0.384 e. The average Bonchev–Trinajstić information content (AvgIpc) is 2.41. The smallest absolute Gasteiger partial charge is 0.224 e. The largest absolute Gasteiger partial charge is 0.384 e. The molecule has 2 rings (SSSR count). The molecule has 0 bridgehead atoms. The molecule has 4 heteroatoms. The number of nitrogens with zero attached hydrogens (tertiary/aromatic N) is 1. The highest BCUT2D eigenvalue weighted by molar-refractivity contribution is 5.77. The average molecular weight is 261 g/mol. The quantitative estimate of drug-likeness (QED) is 0.865. The van der Waals surface area contributed by atoms with Gasteiger partial charge in [-0.1, -0.05) is 18.2 Å². The summed E-state index contributed by atoms with van der Waals surface area (Å²) in [6.07, 6.45) is 0.554. The van der Waals surface area contributed by atoms with Gasteiger partial charge in [-0.15, -0.1) is 0 Å². The first-order chi connectivity index (χ1) is 9.18. The van der Waals surface area contributed by atoms with Crippen LogP contribution < -0.4 is 10.6 Å². The number of aryl methyl sites for hydroxylation is 1. The molecule has 1 aromatic carbocycles. The molecule has 0 unspecified atom stereocenters. The second-order valence-corrected chi connectivity index (χ2v) is 5.13. The molecule has 19 heavy (non-hydrogen) atoms. The number of rotatable bonds is 4. The third-order valence-corrected chi connectivity index (χ3v) is 3.62. The number of carbonyl (C=O) groups is 1. The monoisotopic (exact) mass is 261 g/mol. The molecule has 0 aliphatic carbocycles. The number of nitrogens with one attached hydrogen (secondary N) is 2. The number of carbonyl (C=O) groups excluding carboxylic acids is 1. The summed E-state index contributed by atoms with van der Waals surface area (Å²) in [5.74, 6) is 0.245. The van der Waals surface area contributed by atoms with Crippen LogP contribution in [0, 0.1) is 6.92 Å². The molecule has 1 aliphatic rings. The predicted molar refractivity (Wildman–Crippen MR) is 78.3 cm³/mol. The maximum absolute atomic E-state index is 12.1. The Hall–Kier alpha value is -1.55. The maximum Gasteiger partial charge on any atom is 0.224 e. The van der Waals surface area contributed by atoms with Crippen LogP contribution in [0.15, 0.2) is 24.3 Å². The predicted octanol–water partition coefficient (Wildman–Crippen LogP) is 1.62. The van der Waals surface area contributed by atoms with E-state index >= 15 is 0 Å². The first kappa shape index (κ1) is 13.9. The van der Waals surface area contributed by atoms with Gasteiger partial charge in [0.25, 0.3) is 0 Å². The van der Waals surface area contributed by atoms with E-state index in [1.807, 2.05) is 23.1 Å². The molecule has 1 fully saturated rings. The van der Waals surface area contributed by atoms with Gasteiger partial charge in [-0.05, 0) is 25.5 Å². The molecule has 1 saturated heterocycles. The van der Waals surface area contributed by atoms with Gasteiger partial charge in [0.1, 0.15) is 0 Å². The van der Waals surface area contributed by atoms with Crippen LogP contribution in [0.3, 0.4) is 0 Å². The van der Waals surface area contributed by atoms with E-state index in [1.54, 1.807) is 0 Å². The Morgan fingerprint density at radius 3 is 3.00 bits per heavy atom. The molecule has 104 valence electrons. The van der Waals surface area contributed by atoms with Crippen LogP contribution >= 0.6 is 0 Å². The number of amides is 1. The standard InChI is InChI=1S/C15H23N3O/c1-12-5-3-4-6-14(12)17-8-7-15(19)18-10-9-16-11-13(18)2/h3-6,13,16-17H,7-11H2,1-2H3/t13-/m1/s1. The van der Waals surface area contributed by atoms with Gasteiger partial charge in [-0.25, -0.2) is 0 Å². The van der Waals surface area contributed by atoms with Crippen LogP contribution in [-0.2, 0) is 4.79 Å². The molecule has 1 heterocycles. The second kappa shape index (κ2) is 6.57. The Labute approximate surface area is 115 Å². The van der Waals surface area contributed by atoms with Gasteiger partial charge in [0.15, 0.2) is 0 Å². The summed E-state index contributed by atoms with van der Waals surface area (Å²) in [6.45, 7) is 7.49. The third kappa shape index (κ3) is 3.70. The van der Waals surface area contributed by atoms with E-state index in [-0.39, 0.29) is 5.91 Å². The van der Waals surface area contributed by atoms with Crippen molar-refractivity contribution in [2.45, 2.75) is 26.3 Å². The molecule has 0 saturated carbocycles. The molecule has 1 aliphatic heterocycles. The highest BCUT2D eigenvalue weighted by Gasteiger charge is 2.22.